The number of hydrogen-bond donors (Lipinski definition) is 0. The summed E-state index contributed by atoms with van der Waals surface area (Å²) in [6.07, 6.45) is -1.15. The van der Waals surface area contributed by atoms with E-state index in [-0.39, 0.29) is 12.8 Å². The Hall–Kier alpha value is -3.21. The van der Waals surface area contributed by atoms with E-state index in [1.54, 1.807) is 26.8 Å². The van der Waals surface area contributed by atoms with Gasteiger partial charge in [-0.05, 0) is 26.8 Å². The van der Waals surface area contributed by atoms with Gasteiger partial charge in [0.05, 0.1) is 5.41 Å². The first-order valence-electron chi connectivity index (χ1n) is 13.0. The molecule has 0 bridgehead atoms. The van der Waals surface area contributed by atoms with Gasteiger partial charge in [0.25, 0.3) is 0 Å². The Labute approximate surface area is 227 Å². The minimum Gasteiger partial charge on any atom is -0.461 e. The van der Waals surface area contributed by atoms with Gasteiger partial charge in [-0.15, -0.1) is 0 Å². The number of carbonyl (C=O) groups is 5. The molecule has 2 heterocycles. The van der Waals surface area contributed by atoms with Crippen molar-refractivity contribution in [3.05, 3.63) is 23.3 Å². The molecule has 214 valence electrons. The Balaban J connectivity index is 2.05. The van der Waals surface area contributed by atoms with Crippen molar-refractivity contribution in [1.29, 1.82) is 0 Å². The minimum atomic E-state index is -1.41. The monoisotopic (exact) mass is 548 g/mol. The van der Waals surface area contributed by atoms with Gasteiger partial charge in [-0.3, -0.25) is 19.2 Å². The molecule has 9 atom stereocenters. The smallest absolute Gasteiger partial charge is 0.342 e. The number of hydrogen-bond acceptors (Lipinski definition) is 11. The lowest BCUT2D eigenvalue weighted by molar-refractivity contribution is -0.214. The zero-order valence-electron chi connectivity index (χ0n) is 23.5. The zero-order valence-corrected chi connectivity index (χ0v) is 23.5. The third kappa shape index (κ3) is 4.54. The summed E-state index contributed by atoms with van der Waals surface area (Å²) in [6, 6.07) is 0. The molecule has 2 aliphatic heterocycles. The Kier molecular flexibility index (Phi) is 7.21. The fourth-order valence-corrected chi connectivity index (χ4v) is 6.90. The Morgan fingerprint density at radius 1 is 0.872 bits per heavy atom. The minimum absolute atomic E-state index is 0.120. The first-order chi connectivity index (χ1) is 18.1. The quantitative estimate of drug-likeness (QED) is 0.221. The van der Waals surface area contributed by atoms with Crippen LogP contribution < -0.4 is 0 Å². The topological polar surface area (TPSA) is 144 Å². The van der Waals surface area contributed by atoms with Gasteiger partial charge in [-0.1, -0.05) is 24.1 Å². The summed E-state index contributed by atoms with van der Waals surface area (Å²) in [5, 5.41) is 0. The van der Waals surface area contributed by atoms with Crippen molar-refractivity contribution in [3.63, 3.8) is 0 Å². The highest BCUT2D eigenvalue weighted by Crippen LogP contribution is 2.65. The largest absolute Gasteiger partial charge is 0.461 e. The maximum absolute atomic E-state index is 13.0. The molecule has 39 heavy (non-hydrogen) atoms. The normalized spacial score (nSPS) is 42.1. The van der Waals surface area contributed by atoms with Crippen molar-refractivity contribution in [1.82, 2.24) is 0 Å². The molecule has 0 unspecified atom stereocenters. The molecule has 0 aromatic rings. The molecule has 0 aromatic carbocycles. The molecule has 0 amide bonds. The van der Waals surface area contributed by atoms with E-state index >= 15 is 0 Å². The van der Waals surface area contributed by atoms with Crippen LogP contribution in [0.25, 0.3) is 0 Å². The SMILES string of the molecule is CC(=O)O[C@H]1C/C(C)=C/[C@@H]2OC(=O)[C@]3(C)O[C@]23[C@@H](OC(C)=O)[C@H]2C(C)=CC[C@H](OC(C)=O)[C@]2(C)[C@H]1OC(C)=O. The summed E-state index contributed by atoms with van der Waals surface area (Å²) in [7, 11) is 0. The molecule has 0 radical (unpaired) electrons. The molecule has 0 saturated carbocycles. The number of fused-ring (bicyclic) bond motifs is 1. The molecule has 11 heteroatoms. The van der Waals surface area contributed by atoms with Crippen molar-refractivity contribution in [3.8, 4) is 0 Å². The molecule has 2 aliphatic carbocycles. The van der Waals surface area contributed by atoms with Crippen molar-refractivity contribution in [2.75, 3.05) is 0 Å². The van der Waals surface area contributed by atoms with Gasteiger partial charge in [0.15, 0.2) is 17.3 Å². The predicted octanol–water partition coefficient (Wildman–Crippen LogP) is 2.49. The molecule has 2 saturated heterocycles. The maximum atomic E-state index is 13.0. The average molecular weight is 549 g/mol. The summed E-state index contributed by atoms with van der Waals surface area (Å²) in [6.45, 7) is 11.9. The molecule has 2 fully saturated rings. The Morgan fingerprint density at radius 2 is 1.44 bits per heavy atom. The highest BCUT2D eigenvalue weighted by Gasteiger charge is 2.87. The first-order valence-corrected chi connectivity index (χ1v) is 13.0. The molecule has 4 aliphatic rings. The lowest BCUT2D eigenvalue weighted by Gasteiger charge is -2.54. The van der Waals surface area contributed by atoms with Crippen molar-refractivity contribution < 1.29 is 52.4 Å². The lowest BCUT2D eigenvalue weighted by Crippen LogP contribution is -2.64. The third-order valence-electron chi connectivity index (χ3n) is 8.48. The molecule has 11 nitrogen and oxygen atoms in total. The maximum Gasteiger partial charge on any atom is 0.342 e. The molecule has 0 N–H and O–H groups in total. The summed E-state index contributed by atoms with van der Waals surface area (Å²) >= 11 is 0. The van der Waals surface area contributed by atoms with Crippen LogP contribution in [0.3, 0.4) is 0 Å². The summed E-state index contributed by atoms with van der Waals surface area (Å²) in [4.78, 5) is 62.8. The predicted molar refractivity (Wildman–Crippen MR) is 133 cm³/mol. The standard InChI is InChI=1S/C28H36O11/c1-13-11-19(34-15(3)29)23(36-17(5)31)26(7)20(35-16(4)30)10-9-14(2)22(26)24(37-18(6)32)28-21(12-13)38-25(33)27(28,8)39-28/h9,12,19-24H,10-11H2,1-8H3/b13-12+/t19-,20-,21-,22+,23-,24-,26-,27-,28-/m0/s1. The van der Waals surface area contributed by atoms with Crippen LogP contribution >= 0.6 is 0 Å². The van der Waals surface area contributed by atoms with Crippen LogP contribution in [0.1, 0.15) is 68.2 Å². The number of epoxide rings is 1. The van der Waals surface area contributed by atoms with Gasteiger partial charge in [0.1, 0.15) is 24.4 Å². The number of rotatable bonds is 4. The number of ether oxygens (including phenoxy) is 6. The summed E-state index contributed by atoms with van der Waals surface area (Å²) < 4.78 is 35.4. The highest BCUT2D eigenvalue weighted by atomic mass is 16.7. The molecular weight excluding hydrogens is 512 g/mol. The van der Waals surface area contributed by atoms with Gasteiger partial charge in [0, 0.05) is 46.5 Å². The van der Waals surface area contributed by atoms with E-state index in [2.05, 4.69) is 0 Å². The molecular formula is C28H36O11. The second kappa shape index (κ2) is 9.76. The van der Waals surface area contributed by atoms with Crippen LogP contribution in [-0.4, -0.2) is 71.6 Å². The average Bonchev–Trinajstić information content (AvgIpc) is 3.38. The van der Waals surface area contributed by atoms with Crippen LogP contribution in [0, 0.1) is 11.3 Å². The van der Waals surface area contributed by atoms with Crippen LogP contribution in [0.2, 0.25) is 0 Å². The second-order valence-corrected chi connectivity index (χ2v) is 11.3. The summed E-state index contributed by atoms with van der Waals surface area (Å²) in [5.74, 6) is -3.86. The lowest BCUT2D eigenvalue weighted by atomic mass is 9.56. The van der Waals surface area contributed by atoms with Gasteiger partial charge in [-0.25, -0.2) is 4.79 Å². The zero-order chi connectivity index (χ0) is 29.1. The van der Waals surface area contributed by atoms with E-state index in [4.69, 9.17) is 28.4 Å². The van der Waals surface area contributed by atoms with Gasteiger partial charge < -0.3 is 28.4 Å². The third-order valence-corrected chi connectivity index (χ3v) is 8.48. The Morgan fingerprint density at radius 3 is 1.97 bits per heavy atom. The number of esters is 5. The van der Waals surface area contributed by atoms with E-state index in [1.165, 1.54) is 27.7 Å². The van der Waals surface area contributed by atoms with E-state index in [1.807, 2.05) is 13.0 Å². The molecule has 4 rings (SSSR count). The number of carbonyl (C=O) groups excluding carboxylic acids is 5. The van der Waals surface area contributed by atoms with Gasteiger partial charge in [0.2, 0.25) is 0 Å². The Bertz CT molecular complexity index is 1170. The molecule has 0 aromatic heterocycles. The highest BCUT2D eigenvalue weighted by molar-refractivity contribution is 5.89. The van der Waals surface area contributed by atoms with Crippen LogP contribution in [0.4, 0.5) is 0 Å². The molecule has 1 spiro atoms. The first kappa shape index (κ1) is 28.8. The van der Waals surface area contributed by atoms with Crippen molar-refractivity contribution >= 4 is 29.8 Å². The van der Waals surface area contributed by atoms with Gasteiger partial charge in [-0.2, -0.15) is 0 Å². The van der Waals surface area contributed by atoms with E-state index in [9.17, 15) is 24.0 Å². The second-order valence-electron chi connectivity index (χ2n) is 11.3. The van der Waals surface area contributed by atoms with E-state index in [0.717, 1.165) is 5.57 Å². The fraction of sp³-hybridized carbons (Fsp3) is 0.679. The fourth-order valence-electron chi connectivity index (χ4n) is 6.90. The van der Waals surface area contributed by atoms with Crippen molar-refractivity contribution in [2.24, 2.45) is 11.3 Å². The van der Waals surface area contributed by atoms with Crippen LogP contribution in [0.15, 0.2) is 23.3 Å². The van der Waals surface area contributed by atoms with E-state index < -0.39 is 82.9 Å². The van der Waals surface area contributed by atoms with Gasteiger partial charge >= 0.3 is 29.8 Å². The van der Waals surface area contributed by atoms with Crippen LogP contribution in [-0.2, 0) is 52.4 Å². The van der Waals surface area contributed by atoms with E-state index in [0.29, 0.717) is 5.57 Å². The van der Waals surface area contributed by atoms with Crippen LogP contribution in [0.5, 0.6) is 0 Å². The summed E-state index contributed by atoms with van der Waals surface area (Å²) in [5.41, 5.74) is -2.73. The van der Waals surface area contributed by atoms with Crippen molar-refractivity contribution in [2.45, 2.75) is 110 Å².